The molecule has 0 aliphatic heterocycles. The molecular formula is C15H17N5O2S. The molecule has 0 aromatic carbocycles. The summed E-state index contributed by atoms with van der Waals surface area (Å²) >= 11 is 1.60. The van der Waals surface area contributed by atoms with E-state index in [0.29, 0.717) is 12.2 Å². The van der Waals surface area contributed by atoms with Crippen LogP contribution in [0.2, 0.25) is 0 Å². The normalized spacial score (nSPS) is 11.0. The van der Waals surface area contributed by atoms with Crippen LogP contribution in [0.25, 0.3) is 5.65 Å². The van der Waals surface area contributed by atoms with E-state index in [-0.39, 0.29) is 24.6 Å². The van der Waals surface area contributed by atoms with Crippen LogP contribution >= 0.6 is 11.3 Å². The number of pyridine rings is 1. The van der Waals surface area contributed by atoms with Gasteiger partial charge in [0.1, 0.15) is 0 Å². The van der Waals surface area contributed by atoms with E-state index in [1.807, 2.05) is 18.4 Å². The quantitative estimate of drug-likeness (QED) is 0.731. The second kappa shape index (κ2) is 6.74. The molecule has 0 saturated heterocycles. The predicted octanol–water partition coefficient (Wildman–Crippen LogP) is 1.01. The Morgan fingerprint density at radius 3 is 3.00 bits per heavy atom. The van der Waals surface area contributed by atoms with Crippen molar-refractivity contribution in [2.45, 2.75) is 26.3 Å². The standard InChI is InChI=1S/C15H17N5O2S/c1-11-10-23-14(17-11)5-7-16-13(21)6-9-20-15(22)19-8-3-2-4-12(19)18-20/h2-4,8,10H,5-7,9H2,1H3,(H,16,21). The second-order valence-corrected chi connectivity index (χ2v) is 6.11. The number of aromatic nitrogens is 4. The molecular weight excluding hydrogens is 314 g/mol. The van der Waals surface area contributed by atoms with E-state index < -0.39 is 0 Å². The summed E-state index contributed by atoms with van der Waals surface area (Å²) in [5, 5.41) is 10.0. The fraction of sp³-hybridized carbons (Fsp3) is 0.333. The van der Waals surface area contributed by atoms with Gasteiger partial charge in [-0.05, 0) is 19.1 Å². The van der Waals surface area contributed by atoms with E-state index in [0.717, 1.165) is 17.1 Å². The summed E-state index contributed by atoms with van der Waals surface area (Å²) in [5.41, 5.74) is 1.35. The fourth-order valence-electron chi connectivity index (χ4n) is 2.24. The lowest BCUT2D eigenvalue weighted by atomic mass is 10.3. The molecule has 120 valence electrons. The van der Waals surface area contributed by atoms with Crippen LogP contribution < -0.4 is 11.0 Å². The number of carbonyl (C=O) groups is 1. The van der Waals surface area contributed by atoms with Gasteiger partial charge < -0.3 is 5.32 Å². The van der Waals surface area contributed by atoms with Crippen LogP contribution in [-0.4, -0.2) is 31.6 Å². The fourth-order valence-corrected chi connectivity index (χ4v) is 3.01. The summed E-state index contributed by atoms with van der Waals surface area (Å²) in [6.07, 6.45) is 2.61. The summed E-state index contributed by atoms with van der Waals surface area (Å²) < 4.78 is 2.78. The minimum atomic E-state index is -0.230. The van der Waals surface area contributed by atoms with Crippen molar-refractivity contribution in [3.05, 3.63) is 51.0 Å². The number of aryl methyl sites for hydroxylation is 2. The summed E-state index contributed by atoms with van der Waals surface area (Å²) in [4.78, 5) is 28.3. The number of nitrogens with one attached hydrogen (secondary N) is 1. The molecule has 0 spiro atoms. The maximum Gasteiger partial charge on any atom is 0.350 e. The van der Waals surface area contributed by atoms with Gasteiger partial charge in [0, 0.05) is 36.7 Å². The van der Waals surface area contributed by atoms with Gasteiger partial charge in [-0.1, -0.05) is 6.07 Å². The van der Waals surface area contributed by atoms with Crippen molar-refractivity contribution in [3.8, 4) is 0 Å². The van der Waals surface area contributed by atoms with E-state index >= 15 is 0 Å². The first-order valence-corrected chi connectivity index (χ1v) is 8.23. The van der Waals surface area contributed by atoms with Gasteiger partial charge in [0.15, 0.2) is 5.65 Å². The van der Waals surface area contributed by atoms with Crippen LogP contribution in [0.15, 0.2) is 34.6 Å². The van der Waals surface area contributed by atoms with Crippen LogP contribution in [0, 0.1) is 6.92 Å². The first kappa shape index (κ1) is 15.4. The second-order valence-electron chi connectivity index (χ2n) is 5.17. The molecule has 0 aliphatic carbocycles. The monoisotopic (exact) mass is 331 g/mol. The Morgan fingerprint density at radius 1 is 1.39 bits per heavy atom. The lowest BCUT2D eigenvalue weighted by Crippen LogP contribution is -2.29. The van der Waals surface area contributed by atoms with Crippen molar-refractivity contribution in [2.75, 3.05) is 6.54 Å². The molecule has 0 atom stereocenters. The molecule has 0 radical (unpaired) electrons. The van der Waals surface area contributed by atoms with Gasteiger partial charge in [-0.2, -0.15) is 0 Å². The Labute approximate surface area is 136 Å². The highest BCUT2D eigenvalue weighted by Crippen LogP contribution is 2.08. The summed E-state index contributed by atoms with van der Waals surface area (Å²) in [6.45, 7) is 2.76. The third-order valence-electron chi connectivity index (χ3n) is 3.37. The molecule has 23 heavy (non-hydrogen) atoms. The number of carbonyl (C=O) groups excluding carboxylic acids is 1. The zero-order valence-corrected chi connectivity index (χ0v) is 13.5. The van der Waals surface area contributed by atoms with E-state index in [2.05, 4.69) is 15.4 Å². The van der Waals surface area contributed by atoms with Gasteiger partial charge in [-0.3, -0.25) is 9.20 Å². The maximum atomic E-state index is 12.1. The van der Waals surface area contributed by atoms with E-state index in [1.54, 1.807) is 29.7 Å². The Morgan fingerprint density at radius 2 is 2.26 bits per heavy atom. The molecule has 0 unspecified atom stereocenters. The molecule has 0 bridgehead atoms. The topological polar surface area (TPSA) is 81.3 Å². The first-order valence-electron chi connectivity index (χ1n) is 7.35. The van der Waals surface area contributed by atoms with Gasteiger partial charge in [-0.25, -0.2) is 14.5 Å². The lowest BCUT2D eigenvalue weighted by Gasteiger charge is -2.03. The molecule has 1 amide bonds. The first-order chi connectivity index (χ1) is 11.1. The van der Waals surface area contributed by atoms with Crippen molar-refractivity contribution in [1.82, 2.24) is 24.5 Å². The molecule has 0 saturated carbocycles. The highest BCUT2D eigenvalue weighted by atomic mass is 32.1. The average molecular weight is 331 g/mol. The van der Waals surface area contributed by atoms with Crippen molar-refractivity contribution < 1.29 is 4.79 Å². The van der Waals surface area contributed by atoms with E-state index in [4.69, 9.17) is 0 Å². The lowest BCUT2D eigenvalue weighted by molar-refractivity contribution is -0.121. The van der Waals surface area contributed by atoms with Crippen LogP contribution in [-0.2, 0) is 17.8 Å². The maximum absolute atomic E-state index is 12.1. The number of thiazole rings is 1. The molecule has 7 nitrogen and oxygen atoms in total. The zero-order valence-electron chi connectivity index (χ0n) is 12.7. The smallest absolute Gasteiger partial charge is 0.350 e. The SMILES string of the molecule is Cc1csc(CCNC(=O)CCn2nc3ccccn3c2=O)n1. The Kier molecular flexibility index (Phi) is 4.52. The number of hydrogen-bond donors (Lipinski definition) is 1. The minimum Gasteiger partial charge on any atom is -0.356 e. The Balaban J connectivity index is 1.50. The minimum absolute atomic E-state index is 0.0952. The van der Waals surface area contributed by atoms with Crippen LogP contribution in [0.1, 0.15) is 17.1 Å². The number of fused-ring (bicyclic) bond motifs is 1. The molecule has 3 heterocycles. The number of hydrogen-bond acceptors (Lipinski definition) is 5. The molecule has 0 fully saturated rings. The Bertz CT molecular complexity index is 879. The molecule has 0 aliphatic rings. The van der Waals surface area contributed by atoms with Crippen LogP contribution in [0.4, 0.5) is 0 Å². The number of nitrogens with zero attached hydrogens (tertiary/aromatic N) is 4. The van der Waals surface area contributed by atoms with Crippen LogP contribution in [0.5, 0.6) is 0 Å². The Hall–Kier alpha value is -2.48. The summed E-state index contributed by atoms with van der Waals surface area (Å²) in [5.74, 6) is -0.0952. The third-order valence-corrected chi connectivity index (χ3v) is 4.39. The highest BCUT2D eigenvalue weighted by molar-refractivity contribution is 7.09. The molecule has 3 rings (SSSR count). The number of amides is 1. The average Bonchev–Trinajstić information content (AvgIpc) is 3.10. The summed E-state index contributed by atoms with van der Waals surface area (Å²) in [6, 6.07) is 5.35. The van der Waals surface area contributed by atoms with E-state index in [1.165, 1.54) is 9.08 Å². The highest BCUT2D eigenvalue weighted by Gasteiger charge is 2.08. The number of rotatable bonds is 6. The largest absolute Gasteiger partial charge is 0.356 e. The van der Waals surface area contributed by atoms with Crippen molar-refractivity contribution in [2.24, 2.45) is 0 Å². The molecule has 3 aromatic heterocycles. The third kappa shape index (κ3) is 3.65. The summed E-state index contributed by atoms with van der Waals surface area (Å²) in [7, 11) is 0. The van der Waals surface area contributed by atoms with Crippen molar-refractivity contribution in [1.29, 1.82) is 0 Å². The molecule has 1 N–H and O–H groups in total. The van der Waals surface area contributed by atoms with Crippen LogP contribution in [0.3, 0.4) is 0 Å². The van der Waals surface area contributed by atoms with Gasteiger partial charge in [-0.15, -0.1) is 16.4 Å². The van der Waals surface area contributed by atoms with Crippen molar-refractivity contribution >= 4 is 22.9 Å². The zero-order chi connectivity index (χ0) is 16.2. The van der Waals surface area contributed by atoms with Crippen molar-refractivity contribution in [3.63, 3.8) is 0 Å². The molecule has 8 heteroatoms. The van der Waals surface area contributed by atoms with Gasteiger partial charge in [0.2, 0.25) is 5.91 Å². The van der Waals surface area contributed by atoms with Gasteiger partial charge >= 0.3 is 5.69 Å². The van der Waals surface area contributed by atoms with Gasteiger partial charge in [0.05, 0.1) is 11.6 Å². The molecule has 3 aromatic rings. The predicted molar refractivity (Wildman–Crippen MR) is 87.6 cm³/mol. The van der Waals surface area contributed by atoms with Gasteiger partial charge in [0.25, 0.3) is 0 Å². The van der Waals surface area contributed by atoms with E-state index in [9.17, 15) is 9.59 Å².